The first kappa shape index (κ1) is 19.2. The molecule has 0 radical (unpaired) electrons. The molecule has 1 heterocycles. The van der Waals surface area contributed by atoms with Crippen LogP contribution in [-0.2, 0) is 0 Å². The number of carbonyl (C=O) groups excluding carboxylic acids is 1. The molecule has 4 rings (SSSR count). The molecule has 4 aromatic rings. The van der Waals surface area contributed by atoms with Crippen LogP contribution in [-0.4, -0.2) is 24.9 Å². The molecule has 0 amide bonds. The normalized spacial score (nSPS) is 10.7. The zero-order chi connectivity index (χ0) is 21.3. The molecule has 0 aliphatic heterocycles. The first-order valence-corrected chi connectivity index (χ1v) is 9.06. The summed E-state index contributed by atoms with van der Waals surface area (Å²) in [6.07, 6.45) is 1.41. The molecule has 0 unspecified atom stereocenters. The van der Waals surface area contributed by atoms with E-state index in [0.717, 1.165) is 0 Å². The number of hydrogen-bond acceptors (Lipinski definition) is 6. The van der Waals surface area contributed by atoms with Crippen LogP contribution in [0.15, 0.2) is 71.3 Å². The molecule has 0 fully saturated rings. The van der Waals surface area contributed by atoms with Gasteiger partial charge in [-0.05, 0) is 35.0 Å². The number of furan rings is 1. The smallest absolute Gasteiger partial charge is 0.281 e. The van der Waals surface area contributed by atoms with Gasteiger partial charge in [0.25, 0.3) is 5.69 Å². The Morgan fingerprint density at radius 2 is 1.67 bits per heavy atom. The highest BCUT2D eigenvalue weighted by Gasteiger charge is 2.29. The number of carbonyl (C=O) groups is 1. The van der Waals surface area contributed by atoms with Gasteiger partial charge in [-0.2, -0.15) is 0 Å². The summed E-state index contributed by atoms with van der Waals surface area (Å²) in [5.74, 6) is 0.690. The van der Waals surface area contributed by atoms with Crippen molar-refractivity contribution in [2.24, 2.45) is 0 Å². The van der Waals surface area contributed by atoms with Crippen molar-refractivity contribution in [3.8, 4) is 22.8 Å². The van der Waals surface area contributed by atoms with Gasteiger partial charge in [0.1, 0.15) is 11.3 Å². The SMILES string of the molecule is COc1cc2cc([N+](=O)[O-])c(-c3ccco3)c(C(=O)c3ccccc3)c2cc1OC. The highest BCUT2D eigenvalue weighted by molar-refractivity contribution is 6.21. The van der Waals surface area contributed by atoms with Gasteiger partial charge in [-0.1, -0.05) is 30.3 Å². The molecule has 0 saturated heterocycles. The number of nitro benzene ring substituents is 1. The van der Waals surface area contributed by atoms with E-state index in [1.54, 1.807) is 54.6 Å². The molecule has 7 nitrogen and oxygen atoms in total. The fourth-order valence-corrected chi connectivity index (χ4v) is 3.50. The van der Waals surface area contributed by atoms with Crippen molar-refractivity contribution in [1.29, 1.82) is 0 Å². The number of fused-ring (bicyclic) bond motifs is 1. The van der Waals surface area contributed by atoms with Gasteiger partial charge in [0, 0.05) is 17.2 Å². The van der Waals surface area contributed by atoms with Gasteiger partial charge in [-0.3, -0.25) is 14.9 Å². The van der Waals surface area contributed by atoms with Gasteiger partial charge < -0.3 is 13.9 Å². The van der Waals surface area contributed by atoms with E-state index < -0.39 is 4.92 Å². The third-order valence-electron chi connectivity index (χ3n) is 4.85. The van der Waals surface area contributed by atoms with E-state index in [4.69, 9.17) is 13.9 Å². The number of nitro groups is 1. The van der Waals surface area contributed by atoms with E-state index in [-0.39, 0.29) is 28.4 Å². The average molecular weight is 403 g/mol. The third-order valence-corrected chi connectivity index (χ3v) is 4.85. The van der Waals surface area contributed by atoms with Crippen LogP contribution < -0.4 is 9.47 Å². The Bertz CT molecular complexity index is 1250. The maximum absolute atomic E-state index is 13.6. The third kappa shape index (κ3) is 3.16. The van der Waals surface area contributed by atoms with Crippen LogP contribution in [0.2, 0.25) is 0 Å². The Hall–Kier alpha value is -4.13. The minimum atomic E-state index is -0.518. The Kier molecular flexibility index (Phi) is 4.93. The van der Waals surface area contributed by atoms with Crippen molar-refractivity contribution in [1.82, 2.24) is 0 Å². The van der Waals surface area contributed by atoms with E-state index in [1.807, 2.05) is 0 Å². The summed E-state index contributed by atoms with van der Waals surface area (Å²) in [5, 5.41) is 12.9. The molecule has 0 aliphatic carbocycles. The summed E-state index contributed by atoms with van der Waals surface area (Å²) in [6.45, 7) is 0. The molecule has 3 aromatic carbocycles. The number of benzene rings is 3. The van der Waals surface area contributed by atoms with Crippen molar-refractivity contribution >= 4 is 22.2 Å². The molecule has 1 aromatic heterocycles. The van der Waals surface area contributed by atoms with Crippen LogP contribution in [0.1, 0.15) is 15.9 Å². The second-order valence-electron chi connectivity index (χ2n) is 6.50. The van der Waals surface area contributed by atoms with Gasteiger partial charge in [-0.25, -0.2) is 0 Å². The van der Waals surface area contributed by atoms with Crippen LogP contribution in [0.3, 0.4) is 0 Å². The fraction of sp³-hybridized carbons (Fsp3) is 0.0870. The van der Waals surface area contributed by atoms with Gasteiger partial charge in [0.2, 0.25) is 0 Å². The van der Waals surface area contributed by atoms with Crippen LogP contribution >= 0.6 is 0 Å². The van der Waals surface area contributed by atoms with Gasteiger partial charge in [-0.15, -0.1) is 0 Å². The molecular weight excluding hydrogens is 386 g/mol. The maximum Gasteiger partial charge on any atom is 0.281 e. The maximum atomic E-state index is 13.6. The summed E-state index contributed by atoms with van der Waals surface area (Å²) in [6, 6.07) is 16.5. The van der Waals surface area contributed by atoms with Crippen molar-refractivity contribution in [3.05, 3.63) is 88.2 Å². The highest BCUT2D eigenvalue weighted by Crippen LogP contribution is 2.43. The van der Waals surface area contributed by atoms with Crippen LogP contribution in [0.5, 0.6) is 11.5 Å². The van der Waals surface area contributed by atoms with E-state index in [2.05, 4.69) is 0 Å². The van der Waals surface area contributed by atoms with Crippen molar-refractivity contribution in [2.45, 2.75) is 0 Å². The number of rotatable bonds is 6. The Balaban J connectivity index is 2.17. The minimum absolute atomic E-state index is 0.124. The van der Waals surface area contributed by atoms with Gasteiger partial charge >= 0.3 is 0 Å². The minimum Gasteiger partial charge on any atom is -0.493 e. The van der Waals surface area contributed by atoms with Crippen LogP contribution in [0.25, 0.3) is 22.1 Å². The van der Waals surface area contributed by atoms with Gasteiger partial charge in [0.05, 0.1) is 25.4 Å². The lowest BCUT2D eigenvalue weighted by Gasteiger charge is -2.15. The average Bonchev–Trinajstić information content (AvgIpc) is 3.31. The predicted molar refractivity (Wildman–Crippen MR) is 111 cm³/mol. The second kappa shape index (κ2) is 7.71. The molecule has 0 saturated carbocycles. The topological polar surface area (TPSA) is 91.8 Å². The molecule has 0 atom stereocenters. The summed E-state index contributed by atoms with van der Waals surface area (Å²) >= 11 is 0. The monoisotopic (exact) mass is 403 g/mol. The van der Waals surface area contributed by atoms with E-state index in [0.29, 0.717) is 27.8 Å². The molecular formula is C23H17NO6. The van der Waals surface area contributed by atoms with Crippen molar-refractivity contribution in [3.63, 3.8) is 0 Å². The Morgan fingerprint density at radius 1 is 0.967 bits per heavy atom. The van der Waals surface area contributed by atoms with Crippen molar-refractivity contribution < 1.29 is 23.6 Å². The number of ether oxygens (including phenoxy) is 2. The van der Waals surface area contributed by atoms with E-state index in [9.17, 15) is 14.9 Å². The second-order valence-corrected chi connectivity index (χ2v) is 6.50. The summed E-state index contributed by atoms with van der Waals surface area (Å²) < 4.78 is 16.2. The Morgan fingerprint density at radius 3 is 2.27 bits per heavy atom. The lowest BCUT2D eigenvalue weighted by molar-refractivity contribution is -0.384. The number of methoxy groups -OCH3 is 2. The van der Waals surface area contributed by atoms with Gasteiger partial charge in [0.15, 0.2) is 17.3 Å². The quantitative estimate of drug-likeness (QED) is 0.248. The summed E-state index contributed by atoms with van der Waals surface area (Å²) in [4.78, 5) is 25.0. The standard InChI is InChI=1S/C23H17NO6/c1-28-19-12-15-11-17(24(26)27)22(18-9-6-10-30-18)21(16(15)13-20(19)29-2)23(25)14-7-4-3-5-8-14/h3-13H,1-2H3. The molecule has 0 bridgehead atoms. The first-order valence-electron chi connectivity index (χ1n) is 9.06. The molecule has 150 valence electrons. The lowest BCUT2D eigenvalue weighted by atomic mass is 9.90. The van der Waals surface area contributed by atoms with Crippen LogP contribution in [0, 0.1) is 10.1 Å². The Labute approximate surface area is 171 Å². The first-order chi connectivity index (χ1) is 14.5. The number of nitrogens with zero attached hydrogens (tertiary/aromatic N) is 1. The molecule has 0 aliphatic rings. The molecule has 0 spiro atoms. The molecule has 30 heavy (non-hydrogen) atoms. The zero-order valence-electron chi connectivity index (χ0n) is 16.2. The summed E-state index contributed by atoms with van der Waals surface area (Å²) in [5.41, 5.74) is 0.464. The van der Waals surface area contributed by atoms with Crippen molar-refractivity contribution in [2.75, 3.05) is 14.2 Å². The largest absolute Gasteiger partial charge is 0.493 e. The summed E-state index contributed by atoms with van der Waals surface area (Å²) in [7, 11) is 2.96. The molecule has 7 heteroatoms. The van der Waals surface area contributed by atoms with Crippen LogP contribution in [0.4, 0.5) is 5.69 Å². The number of ketones is 1. The highest BCUT2D eigenvalue weighted by atomic mass is 16.6. The zero-order valence-corrected chi connectivity index (χ0v) is 16.2. The van der Waals surface area contributed by atoms with E-state index in [1.165, 1.54) is 26.5 Å². The predicted octanol–water partition coefficient (Wildman–Crippen LogP) is 5.26. The lowest BCUT2D eigenvalue weighted by Crippen LogP contribution is -2.07. The number of hydrogen-bond donors (Lipinski definition) is 0. The fourth-order valence-electron chi connectivity index (χ4n) is 3.50. The van der Waals surface area contributed by atoms with E-state index >= 15 is 0 Å². The molecule has 0 N–H and O–H groups in total.